The van der Waals surface area contributed by atoms with Crippen LogP contribution in [-0.4, -0.2) is 30.7 Å². The topological polar surface area (TPSA) is 47.6 Å². The lowest BCUT2D eigenvalue weighted by Gasteiger charge is -2.64. The molecule has 6 atom stereocenters. The first-order valence-corrected chi connectivity index (χ1v) is 11.0. The summed E-state index contributed by atoms with van der Waals surface area (Å²) in [5.41, 5.74) is 1.22. The summed E-state index contributed by atoms with van der Waals surface area (Å²) < 4.78 is 13.0. The number of hydrogen-bond acceptors (Lipinski definition) is 3. The van der Waals surface area contributed by atoms with Gasteiger partial charge in [0, 0.05) is 5.92 Å². The lowest BCUT2D eigenvalue weighted by Crippen LogP contribution is -2.65. The van der Waals surface area contributed by atoms with E-state index in [1.165, 1.54) is 12.0 Å². The van der Waals surface area contributed by atoms with E-state index in [2.05, 4.69) is 44.8 Å². The van der Waals surface area contributed by atoms with Gasteiger partial charge in [0.15, 0.2) is 0 Å². The Kier molecular flexibility index (Phi) is 5.41. The highest BCUT2D eigenvalue weighted by Gasteiger charge is 2.68. The summed E-state index contributed by atoms with van der Waals surface area (Å²) in [6.07, 6.45) is 5.59. The average molecular weight is 395 g/mol. The van der Waals surface area contributed by atoms with E-state index in [-0.39, 0.29) is 29.5 Å². The van der Waals surface area contributed by atoms with E-state index >= 15 is 0 Å². The fraction of sp³-hybridized carbons (Fsp3) is 0.625. The molecule has 5 heteroatoms. The zero-order valence-corrected chi connectivity index (χ0v) is 18.2. The number of carbonyl (C=O) groups is 1. The van der Waals surface area contributed by atoms with Crippen LogP contribution in [0.5, 0.6) is 0 Å². The maximum atomic E-state index is 12.9. The van der Waals surface area contributed by atoms with Crippen molar-refractivity contribution in [2.45, 2.75) is 71.0 Å². The fourth-order valence-electron chi connectivity index (χ4n) is 5.87. The highest BCUT2D eigenvalue weighted by Crippen LogP contribution is 2.65. The van der Waals surface area contributed by atoms with E-state index in [4.69, 9.17) is 9.31 Å². The molecule has 1 aliphatic heterocycles. The largest absolute Gasteiger partial charge is 0.482 e. The van der Waals surface area contributed by atoms with Crippen molar-refractivity contribution in [3.05, 3.63) is 48.6 Å². The lowest BCUT2D eigenvalue weighted by atomic mass is 9.43. The van der Waals surface area contributed by atoms with E-state index in [9.17, 15) is 4.79 Å². The molecule has 29 heavy (non-hydrogen) atoms. The second-order valence-corrected chi connectivity index (χ2v) is 10.1. The summed E-state index contributed by atoms with van der Waals surface area (Å²) in [5.74, 6) is 0.946. The van der Waals surface area contributed by atoms with Crippen LogP contribution in [0.3, 0.4) is 0 Å². The third-order valence-corrected chi connectivity index (χ3v) is 7.88. The first-order chi connectivity index (χ1) is 13.8. The van der Waals surface area contributed by atoms with E-state index in [1.807, 2.05) is 31.2 Å². The van der Waals surface area contributed by atoms with Gasteiger partial charge in [0.2, 0.25) is 5.91 Å². The molecule has 1 amide bonds. The molecular formula is C24H34BNO3. The van der Waals surface area contributed by atoms with Gasteiger partial charge in [0.1, 0.15) is 0 Å². The highest BCUT2D eigenvalue weighted by molar-refractivity contribution is 6.48. The molecule has 1 heterocycles. The average Bonchev–Trinajstić information content (AvgIpc) is 3.05. The Hall–Kier alpha value is -1.59. The maximum absolute atomic E-state index is 12.9. The van der Waals surface area contributed by atoms with Gasteiger partial charge in [-0.2, -0.15) is 0 Å². The molecule has 0 unspecified atom stereocenters. The fourth-order valence-corrected chi connectivity index (χ4v) is 5.87. The number of hydrogen-bond donors (Lipinski definition) is 1. The quantitative estimate of drug-likeness (QED) is 0.556. The van der Waals surface area contributed by atoms with Gasteiger partial charge >= 0.3 is 7.12 Å². The molecule has 1 aromatic rings. The van der Waals surface area contributed by atoms with E-state index < -0.39 is 7.12 Å². The summed E-state index contributed by atoms with van der Waals surface area (Å²) >= 11 is 0. The van der Waals surface area contributed by atoms with Crippen LogP contribution < -0.4 is 5.32 Å². The first kappa shape index (κ1) is 20.7. The Bertz CT molecular complexity index is 767. The van der Waals surface area contributed by atoms with Crippen LogP contribution in [0.15, 0.2) is 43.0 Å². The molecule has 4 fully saturated rings. The van der Waals surface area contributed by atoms with Gasteiger partial charge < -0.3 is 14.6 Å². The van der Waals surface area contributed by atoms with E-state index in [0.717, 1.165) is 12.8 Å². The first-order valence-electron chi connectivity index (χ1n) is 11.0. The Balaban J connectivity index is 1.42. The molecule has 3 aliphatic carbocycles. The third kappa shape index (κ3) is 3.57. The molecule has 5 rings (SSSR count). The van der Waals surface area contributed by atoms with Gasteiger partial charge in [-0.05, 0) is 55.4 Å². The Morgan fingerprint density at radius 3 is 2.69 bits per heavy atom. The Morgan fingerprint density at radius 2 is 2.03 bits per heavy atom. The lowest BCUT2D eigenvalue weighted by molar-refractivity contribution is -0.199. The smallest absolute Gasteiger partial charge is 0.404 e. The predicted molar refractivity (Wildman–Crippen MR) is 116 cm³/mol. The molecule has 4 nitrogen and oxygen atoms in total. The van der Waals surface area contributed by atoms with Crippen molar-refractivity contribution in [3.8, 4) is 0 Å². The Morgan fingerprint density at radius 1 is 1.31 bits per heavy atom. The summed E-state index contributed by atoms with van der Waals surface area (Å²) in [4.78, 5) is 12.9. The molecule has 156 valence electrons. The molecule has 3 saturated carbocycles. The second kappa shape index (κ2) is 7.59. The normalized spacial score (nSPS) is 33.9. The molecule has 0 radical (unpaired) electrons. The molecule has 1 N–H and O–H groups in total. The number of nitrogens with one attached hydrogen (secondary N) is 1. The summed E-state index contributed by atoms with van der Waals surface area (Å²) in [5, 5.41) is 3.20. The van der Waals surface area contributed by atoms with E-state index in [0.29, 0.717) is 23.7 Å². The van der Waals surface area contributed by atoms with Crippen molar-refractivity contribution >= 4 is 13.0 Å². The Labute approximate surface area is 175 Å². The number of carbonyl (C=O) groups excluding carboxylic acids is 1. The van der Waals surface area contributed by atoms with Crippen molar-refractivity contribution < 1.29 is 14.1 Å². The monoisotopic (exact) mass is 395 g/mol. The molecular weight excluding hydrogens is 361 g/mol. The maximum Gasteiger partial charge on any atom is 0.482 e. The van der Waals surface area contributed by atoms with Gasteiger partial charge in [-0.25, -0.2) is 0 Å². The predicted octanol–water partition coefficient (Wildman–Crippen LogP) is 4.19. The van der Waals surface area contributed by atoms with Crippen LogP contribution in [-0.2, 0) is 20.5 Å². The van der Waals surface area contributed by atoms with Crippen LogP contribution in [0, 0.1) is 23.2 Å². The number of benzene rings is 1. The minimum Gasteiger partial charge on any atom is -0.404 e. The van der Waals surface area contributed by atoms with Crippen LogP contribution in [0.1, 0.15) is 52.5 Å². The highest BCUT2D eigenvalue weighted by atomic mass is 16.7. The van der Waals surface area contributed by atoms with Crippen LogP contribution in [0.2, 0.25) is 0 Å². The SMILES string of the molecule is C=CC[C@H](NC(=O)[C@@H](C)Cc1ccccc1)B1O[C@@H]2C[C@@H]3C[C@@H](C3(C)C)[C@]2(C)O1. The summed E-state index contributed by atoms with van der Waals surface area (Å²) in [6.45, 7) is 12.8. The van der Waals surface area contributed by atoms with Crippen LogP contribution in [0.25, 0.3) is 0 Å². The van der Waals surface area contributed by atoms with Crippen molar-refractivity contribution in [1.29, 1.82) is 0 Å². The van der Waals surface area contributed by atoms with Gasteiger partial charge in [0.25, 0.3) is 0 Å². The molecule has 1 aromatic carbocycles. The molecule has 0 spiro atoms. The van der Waals surface area contributed by atoms with Crippen molar-refractivity contribution in [2.75, 3.05) is 0 Å². The summed E-state index contributed by atoms with van der Waals surface area (Å²) in [6, 6.07) is 10.1. The van der Waals surface area contributed by atoms with Gasteiger partial charge in [0.05, 0.1) is 17.6 Å². The van der Waals surface area contributed by atoms with Crippen molar-refractivity contribution in [1.82, 2.24) is 5.32 Å². The molecule has 1 saturated heterocycles. The zero-order valence-electron chi connectivity index (χ0n) is 18.2. The number of amides is 1. The minimum absolute atomic E-state index is 0.0394. The van der Waals surface area contributed by atoms with Crippen molar-refractivity contribution in [2.24, 2.45) is 23.2 Å². The van der Waals surface area contributed by atoms with E-state index in [1.54, 1.807) is 0 Å². The van der Waals surface area contributed by atoms with Gasteiger partial charge in [-0.1, -0.05) is 57.2 Å². The van der Waals surface area contributed by atoms with Gasteiger partial charge in [-0.3, -0.25) is 4.79 Å². The zero-order chi connectivity index (χ0) is 20.8. The van der Waals surface area contributed by atoms with Crippen LogP contribution in [0.4, 0.5) is 0 Å². The number of rotatable bonds is 7. The minimum atomic E-state index is -0.411. The molecule has 0 aromatic heterocycles. The van der Waals surface area contributed by atoms with Crippen LogP contribution >= 0.6 is 0 Å². The summed E-state index contributed by atoms with van der Waals surface area (Å²) in [7, 11) is -0.411. The standard InChI is InChI=1S/C24H34BNO3/c1-6-10-21(26-22(27)16(2)13-17-11-8-7-9-12-17)25-28-20-15-18-14-19(23(18,3)4)24(20,5)29-25/h6-9,11-12,16,18-21H,1,10,13-15H2,2-5H3,(H,26,27)/t16-,18-,19-,20+,21-,24-/m0/s1. The third-order valence-electron chi connectivity index (χ3n) is 7.88. The molecule has 4 aliphatic rings. The molecule has 2 bridgehead atoms. The second-order valence-electron chi connectivity index (χ2n) is 10.1. The van der Waals surface area contributed by atoms with Crippen molar-refractivity contribution in [3.63, 3.8) is 0 Å². The van der Waals surface area contributed by atoms with Gasteiger partial charge in [-0.15, -0.1) is 6.58 Å².